The van der Waals surface area contributed by atoms with Gasteiger partial charge in [0.25, 0.3) is 5.69 Å². The lowest BCUT2D eigenvalue weighted by Gasteiger charge is -2.31. The fourth-order valence-corrected chi connectivity index (χ4v) is 2.84. The van der Waals surface area contributed by atoms with Crippen LogP contribution in [0.25, 0.3) is 0 Å². The molecule has 0 aliphatic carbocycles. The molecule has 29 heavy (non-hydrogen) atoms. The Balaban J connectivity index is 2.70. The minimum Gasteiger partial charge on any atom is -0.466 e. The number of nitro benzene ring substituents is 1. The van der Waals surface area contributed by atoms with Crippen molar-refractivity contribution in [1.82, 2.24) is 0 Å². The number of nitro groups is 1. The molecule has 1 aliphatic heterocycles. The minimum absolute atomic E-state index is 0.286. The van der Waals surface area contributed by atoms with Gasteiger partial charge < -0.3 is 23.8 Å². The molecule has 0 unspecified atom stereocenters. The summed E-state index contributed by atoms with van der Waals surface area (Å²) in [7, 11) is 2.06. The third-order valence-corrected chi connectivity index (χ3v) is 4.20. The number of carbonyl (C=O) groups is 2. The zero-order valence-corrected chi connectivity index (χ0v) is 16.3. The van der Waals surface area contributed by atoms with Crippen LogP contribution < -0.4 is 9.64 Å². The van der Waals surface area contributed by atoms with Gasteiger partial charge in [0, 0.05) is 0 Å². The number of methoxy groups -OCH3 is 2. The largest absolute Gasteiger partial charge is 0.573 e. The molecule has 1 aromatic rings. The average molecular weight is 485 g/mol. The average Bonchev–Trinajstić information content (AvgIpc) is 2.66. The van der Waals surface area contributed by atoms with E-state index in [4.69, 9.17) is 4.74 Å². The fourth-order valence-electron chi connectivity index (χ4n) is 2.43. The van der Waals surface area contributed by atoms with E-state index in [1.54, 1.807) is 0 Å². The highest BCUT2D eigenvalue weighted by molar-refractivity contribution is 9.10. The summed E-state index contributed by atoms with van der Waals surface area (Å²) < 4.78 is 55.5. The predicted molar refractivity (Wildman–Crippen MR) is 91.8 cm³/mol. The van der Waals surface area contributed by atoms with Gasteiger partial charge in [0.15, 0.2) is 5.75 Å². The van der Waals surface area contributed by atoms with Crippen LogP contribution in [0.3, 0.4) is 0 Å². The van der Waals surface area contributed by atoms with Gasteiger partial charge >= 0.3 is 18.3 Å². The lowest BCUT2D eigenvalue weighted by atomic mass is 10.1. The van der Waals surface area contributed by atoms with Crippen molar-refractivity contribution in [1.29, 1.82) is 0 Å². The third kappa shape index (κ3) is 4.95. The topological polar surface area (TPSA) is 117 Å². The van der Waals surface area contributed by atoms with Gasteiger partial charge in [-0.15, -0.1) is 13.2 Å². The van der Waals surface area contributed by atoms with Crippen LogP contribution in [-0.4, -0.2) is 50.8 Å². The number of hydrogen-bond donors (Lipinski definition) is 0. The lowest BCUT2D eigenvalue weighted by molar-refractivity contribution is -0.384. The number of rotatable bonds is 5. The van der Waals surface area contributed by atoms with Gasteiger partial charge in [0.2, 0.25) is 0 Å². The first-order valence-corrected chi connectivity index (χ1v) is 8.28. The summed E-state index contributed by atoms with van der Waals surface area (Å²) in [6, 6.07) is 1.44. The summed E-state index contributed by atoms with van der Waals surface area (Å²) in [6.45, 7) is -0.782. The monoisotopic (exact) mass is 484 g/mol. The fraction of sp³-hybridized carbons (Fsp3) is 0.333. The second-order valence-electron chi connectivity index (χ2n) is 5.29. The summed E-state index contributed by atoms with van der Waals surface area (Å²) in [5.41, 5.74) is -1.89. The zero-order chi connectivity index (χ0) is 21.9. The Hall–Kier alpha value is -2.87. The molecule has 0 atom stereocenters. The maximum atomic E-state index is 12.5. The Morgan fingerprint density at radius 2 is 1.86 bits per heavy atom. The van der Waals surface area contributed by atoms with Crippen LogP contribution in [0.2, 0.25) is 0 Å². The van der Waals surface area contributed by atoms with Gasteiger partial charge in [-0.1, -0.05) is 0 Å². The summed E-state index contributed by atoms with van der Waals surface area (Å²) >= 11 is 2.84. The molecule has 1 aromatic carbocycles. The van der Waals surface area contributed by atoms with Crippen molar-refractivity contribution in [2.24, 2.45) is 0 Å². The molecule has 0 bridgehead atoms. The quantitative estimate of drug-likeness (QED) is 0.353. The van der Waals surface area contributed by atoms with Gasteiger partial charge in [-0.2, -0.15) is 0 Å². The van der Waals surface area contributed by atoms with E-state index >= 15 is 0 Å². The molecular formula is C15H12BrF3N2O8. The molecule has 1 aliphatic rings. The Labute approximate surface area is 169 Å². The summed E-state index contributed by atoms with van der Waals surface area (Å²) in [5.74, 6) is -2.86. The molecule has 1 heterocycles. The molecule has 0 amide bonds. The second-order valence-corrected chi connectivity index (χ2v) is 6.15. The number of anilines is 1. The van der Waals surface area contributed by atoms with Gasteiger partial charge in [-0.3, -0.25) is 10.1 Å². The Morgan fingerprint density at radius 3 is 2.38 bits per heavy atom. The van der Waals surface area contributed by atoms with Gasteiger partial charge in [0.05, 0.1) is 41.9 Å². The van der Waals surface area contributed by atoms with Crippen LogP contribution in [-0.2, 0) is 23.8 Å². The van der Waals surface area contributed by atoms with Crippen molar-refractivity contribution >= 4 is 39.2 Å². The number of alkyl halides is 3. The Bertz CT molecular complexity index is 887. The molecule has 0 aromatic heterocycles. The Kier molecular flexibility index (Phi) is 6.69. The van der Waals surface area contributed by atoms with E-state index in [2.05, 4.69) is 30.1 Å². The predicted octanol–water partition coefficient (Wildman–Crippen LogP) is 2.65. The molecular weight excluding hydrogens is 473 g/mol. The number of hydrogen-bond acceptors (Lipinski definition) is 9. The van der Waals surface area contributed by atoms with Crippen LogP contribution in [0.1, 0.15) is 0 Å². The normalized spacial score (nSPS) is 14.5. The molecule has 0 saturated heterocycles. The molecule has 2 rings (SSSR count). The van der Waals surface area contributed by atoms with E-state index in [0.29, 0.717) is 6.07 Å². The van der Waals surface area contributed by atoms with Crippen molar-refractivity contribution in [2.45, 2.75) is 6.36 Å². The standard InChI is InChI=1S/C15H12BrF3N2O8/c1-26-13(22)7-5-28-6-20(12(7)14(23)27-2)9-3-8(16)11(29-15(17,18)19)4-10(9)21(24)25/h3-4H,5-6H2,1-2H3. The van der Waals surface area contributed by atoms with E-state index < -0.39 is 47.1 Å². The summed E-state index contributed by atoms with van der Waals surface area (Å²) in [6.07, 6.45) is -5.10. The van der Waals surface area contributed by atoms with Crippen molar-refractivity contribution in [3.63, 3.8) is 0 Å². The smallest absolute Gasteiger partial charge is 0.466 e. The van der Waals surface area contributed by atoms with Gasteiger partial charge in [-0.25, -0.2) is 9.59 Å². The van der Waals surface area contributed by atoms with E-state index in [-0.39, 0.29) is 22.3 Å². The van der Waals surface area contributed by atoms with Crippen LogP contribution in [0, 0.1) is 10.1 Å². The Morgan fingerprint density at radius 1 is 1.24 bits per heavy atom. The highest BCUT2D eigenvalue weighted by atomic mass is 79.9. The van der Waals surface area contributed by atoms with Crippen LogP contribution in [0.5, 0.6) is 5.75 Å². The SMILES string of the molecule is COC(=O)C1=C(C(=O)OC)N(c2cc(Br)c(OC(F)(F)F)cc2[N+](=O)[O-])COC1. The van der Waals surface area contributed by atoms with Crippen molar-refractivity contribution in [3.8, 4) is 5.75 Å². The first kappa shape index (κ1) is 22.4. The molecule has 0 radical (unpaired) electrons. The molecule has 0 saturated carbocycles. The van der Waals surface area contributed by atoms with Crippen molar-refractivity contribution < 1.29 is 46.6 Å². The number of halogens is 4. The summed E-state index contributed by atoms with van der Waals surface area (Å²) in [5, 5.41) is 11.5. The summed E-state index contributed by atoms with van der Waals surface area (Å²) in [4.78, 5) is 35.7. The lowest BCUT2D eigenvalue weighted by Crippen LogP contribution is -2.39. The molecule has 0 N–H and O–H groups in total. The van der Waals surface area contributed by atoms with Crippen LogP contribution >= 0.6 is 15.9 Å². The van der Waals surface area contributed by atoms with Crippen LogP contribution in [0.4, 0.5) is 24.5 Å². The molecule has 14 heteroatoms. The number of carbonyl (C=O) groups excluding carboxylic acids is 2. The maximum absolute atomic E-state index is 12.5. The number of ether oxygens (including phenoxy) is 4. The highest BCUT2D eigenvalue weighted by Crippen LogP contribution is 2.42. The van der Waals surface area contributed by atoms with E-state index in [1.807, 2.05) is 0 Å². The maximum Gasteiger partial charge on any atom is 0.573 e. The first-order valence-electron chi connectivity index (χ1n) is 7.48. The molecule has 10 nitrogen and oxygen atoms in total. The third-order valence-electron chi connectivity index (χ3n) is 3.58. The highest BCUT2D eigenvalue weighted by Gasteiger charge is 2.37. The van der Waals surface area contributed by atoms with E-state index in [1.165, 1.54) is 0 Å². The number of nitrogens with zero attached hydrogens (tertiary/aromatic N) is 2. The van der Waals surface area contributed by atoms with E-state index in [9.17, 15) is 32.9 Å². The second kappa shape index (κ2) is 8.65. The van der Waals surface area contributed by atoms with Gasteiger partial charge in [0.1, 0.15) is 18.1 Å². The first-order chi connectivity index (χ1) is 13.5. The van der Waals surface area contributed by atoms with E-state index in [0.717, 1.165) is 25.2 Å². The number of benzene rings is 1. The van der Waals surface area contributed by atoms with Crippen molar-refractivity contribution in [2.75, 3.05) is 32.5 Å². The van der Waals surface area contributed by atoms with Crippen molar-refractivity contribution in [3.05, 3.63) is 38.0 Å². The molecule has 158 valence electrons. The molecule has 0 fully saturated rings. The number of esters is 2. The molecule has 0 spiro atoms. The van der Waals surface area contributed by atoms with Gasteiger partial charge in [-0.05, 0) is 22.0 Å². The minimum atomic E-state index is -5.10. The zero-order valence-electron chi connectivity index (χ0n) is 14.7. The van der Waals surface area contributed by atoms with Crippen LogP contribution in [0.15, 0.2) is 27.9 Å².